The van der Waals surface area contributed by atoms with Gasteiger partial charge in [0, 0.05) is 5.56 Å². The van der Waals surface area contributed by atoms with Crippen LogP contribution < -0.4 is 10.5 Å². The van der Waals surface area contributed by atoms with Crippen LogP contribution in [0.4, 0.5) is 0 Å². The van der Waals surface area contributed by atoms with Crippen LogP contribution in [0.2, 0.25) is 0 Å². The zero-order chi connectivity index (χ0) is 15.7. The van der Waals surface area contributed by atoms with E-state index in [-0.39, 0.29) is 6.04 Å². The third kappa shape index (κ3) is 2.81. The van der Waals surface area contributed by atoms with Gasteiger partial charge in [0.05, 0.1) is 13.2 Å². The topological polar surface area (TPSA) is 35.2 Å². The highest BCUT2D eigenvalue weighted by Crippen LogP contribution is 2.34. The Hall–Kier alpha value is -1.80. The van der Waals surface area contributed by atoms with Gasteiger partial charge >= 0.3 is 0 Å². The maximum atomic E-state index is 6.62. The number of aryl methyl sites for hydroxylation is 3. The van der Waals surface area contributed by atoms with Crippen LogP contribution in [-0.4, -0.2) is 7.11 Å². The summed E-state index contributed by atoms with van der Waals surface area (Å²) in [6.07, 6.45) is 0. The van der Waals surface area contributed by atoms with E-state index >= 15 is 0 Å². The second kappa shape index (κ2) is 5.90. The molecule has 0 radical (unpaired) electrons. The first-order valence-corrected chi connectivity index (χ1v) is 7.34. The second-order valence-electron chi connectivity index (χ2n) is 5.90. The van der Waals surface area contributed by atoms with Gasteiger partial charge in [-0.15, -0.1) is 0 Å². The molecule has 21 heavy (non-hydrogen) atoms. The van der Waals surface area contributed by atoms with Crippen molar-refractivity contribution < 1.29 is 4.74 Å². The molecule has 0 aliphatic heterocycles. The Morgan fingerprint density at radius 1 is 0.905 bits per heavy atom. The lowest BCUT2D eigenvalue weighted by Gasteiger charge is -2.23. The Kier molecular flexibility index (Phi) is 4.38. The lowest BCUT2D eigenvalue weighted by molar-refractivity contribution is 0.407. The fourth-order valence-electron chi connectivity index (χ4n) is 2.97. The van der Waals surface area contributed by atoms with Crippen molar-refractivity contribution in [2.75, 3.05) is 7.11 Å². The van der Waals surface area contributed by atoms with Gasteiger partial charge in [0.15, 0.2) is 0 Å². The Bertz CT molecular complexity index is 648. The van der Waals surface area contributed by atoms with Gasteiger partial charge in [0.1, 0.15) is 5.75 Å². The molecule has 0 saturated heterocycles. The first-order valence-electron chi connectivity index (χ1n) is 7.34. The van der Waals surface area contributed by atoms with Gasteiger partial charge in [-0.25, -0.2) is 0 Å². The molecule has 112 valence electrons. The summed E-state index contributed by atoms with van der Waals surface area (Å²) < 4.78 is 5.50. The average Bonchev–Trinajstić information content (AvgIpc) is 2.45. The van der Waals surface area contributed by atoms with Gasteiger partial charge in [0.2, 0.25) is 0 Å². The van der Waals surface area contributed by atoms with Crippen molar-refractivity contribution in [1.82, 2.24) is 0 Å². The van der Waals surface area contributed by atoms with Crippen molar-refractivity contribution in [2.45, 2.75) is 40.7 Å². The van der Waals surface area contributed by atoms with E-state index in [9.17, 15) is 0 Å². The van der Waals surface area contributed by atoms with Crippen molar-refractivity contribution in [3.05, 3.63) is 63.2 Å². The van der Waals surface area contributed by atoms with Crippen LogP contribution in [0.3, 0.4) is 0 Å². The number of benzene rings is 2. The summed E-state index contributed by atoms with van der Waals surface area (Å²) in [6, 6.07) is 8.24. The number of ether oxygens (including phenoxy) is 1. The summed E-state index contributed by atoms with van der Waals surface area (Å²) in [4.78, 5) is 0. The van der Waals surface area contributed by atoms with Crippen molar-refractivity contribution in [2.24, 2.45) is 5.73 Å². The van der Waals surface area contributed by atoms with Crippen LogP contribution in [-0.2, 0) is 0 Å². The number of methoxy groups -OCH3 is 1. The SMILES string of the molecule is COc1ccc(C)cc1C(N)c1c(C)c(C)cc(C)c1C. The normalized spacial score (nSPS) is 12.3. The zero-order valence-electron chi connectivity index (χ0n) is 13.9. The van der Waals surface area contributed by atoms with Gasteiger partial charge in [-0.3, -0.25) is 0 Å². The highest BCUT2D eigenvalue weighted by molar-refractivity contribution is 5.51. The van der Waals surface area contributed by atoms with Crippen LogP contribution >= 0.6 is 0 Å². The minimum atomic E-state index is -0.168. The molecule has 2 heteroatoms. The molecule has 0 saturated carbocycles. The fourth-order valence-corrected chi connectivity index (χ4v) is 2.97. The largest absolute Gasteiger partial charge is 0.496 e. The van der Waals surface area contributed by atoms with E-state index in [2.05, 4.69) is 52.8 Å². The van der Waals surface area contributed by atoms with Crippen molar-refractivity contribution in [3.8, 4) is 5.75 Å². The van der Waals surface area contributed by atoms with E-state index < -0.39 is 0 Å². The number of hydrogen-bond acceptors (Lipinski definition) is 2. The van der Waals surface area contributed by atoms with E-state index in [0.717, 1.165) is 11.3 Å². The number of hydrogen-bond donors (Lipinski definition) is 1. The molecule has 1 atom stereocenters. The summed E-state index contributed by atoms with van der Waals surface area (Å²) in [5.74, 6) is 0.853. The Labute approximate surface area is 127 Å². The predicted molar refractivity (Wildman–Crippen MR) is 89.2 cm³/mol. The fraction of sp³-hybridized carbons (Fsp3) is 0.368. The number of rotatable bonds is 3. The molecule has 0 aromatic heterocycles. The molecule has 0 amide bonds. The first-order chi connectivity index (χ1) is 9.86. The third-order valence-electron chi connectivity index (χ3n) is 4.46. The van der Waals surface area contributed by atoms with Crippen LogP contribution in [0.5, 0.6) is 5.75 Å². The van der Waals surface area contributed by atoms with Crippen molar-refractivity contribution in [1.29, 1.82) is 0 Å². The molecular formula is C19H25NO. The molecule has 2 nitrogen and oxygen atoms in total. The van der Waals surface area contributed by atoms with E-state index in [0.29, 0.717) is 0 Å². The Morgan fingerprint density at radius 2 is 1.48 bits per heavy atom. The standard InChI is InChI=1S/C19H25NO/c1-11-7-8-17(21-6)16(9-11)19(20)18-14(4)12(2)10-13(3)15(18)5/h7-10,19H,20H2,1-6H3. The minimum absolute atomic E-state index is 0.168. The molecule has 0 aliphatic rings. The summed E-state index contributed by atoms with van der Waals surface area (Å²) in [5.41, 5.74) is 15.2. The summed E-state index contributed by atoms with van der Waals surface area (Å²) in [7, 11) is 1.70. The molecule has 1 unspecified atom stereocenters. The van der Waals surface area contributed by atoms with Gasteiger partial charge in [0.25, 0.3) is 0 Å². The van der Waals surface area contributed by atoms with Crippen molar-refractivity contribution >= 4 is 0 Å². The van der Waals surface area contributed by atoms with Crippen LogP contribution in [0.25, 0.3) is 0 Å². The molecule has 0 spiro atoms. The Balaban J connectivity index is 2.65. The number of nitrogens with two attached hydrogens (primary N) is 1. The molecule has 0 bridgehead atoms. The van der Waals surface area contributed by atoms with E-state index in [1.165, 1.54) is 33.4 Å². The maximum Gasteiger partial charge on any atom is 0.123 e. The minimum Gasteiger partial charge on any atom is -0.496 e. The summed E-state index contributed by atoms with van der Waals surface area (Å²) in [6.45, 7) is 10.7. The average molecular weight is 283 g/mol. The molecule has 2 rings (SSSR count). The molecule has 0 fully saturated rings. The quantitative estimate of drug-likeness (QED) is 0.912. The lowest BCUT2D eigenvalue weighted by Crippen LogP contribution is -2.17. The second-order valence-corrected chi connectivity index (χ2v) is 5.90. The van der Waals surface area contributed by atoms with Crippen molar-refractivity contribution in [3.63, 3.8) is 0 Å². The lowest BCUT2D eigenvalue weighted by atomic mass is 9.86. The molecule has 2 aromatic rings. The maximum absolute atomic E-state index is 6.62. The smallest absolute Gasteiger partial charge is 0.123 e. The Morgan fingerprint density at radius 3 is 2.00 bits per heavy atom. The van der Waals surface area contributed by atoms with E-state index in [1.807, 2.05) is 6.07 Å². The van der Waals surface area contributed by atoms with Gasteiger partial charge < -0.3 is 10.5 Å². The van der Waals surface area contributed by atoms with Crippen LogP contribution in [0.1, 0.15) is 45.0 Å². The third-order valence-corrected chi connectivity index (χ3v) is 4.46. The van der Waals surface area contributed by atoms with Gasteiger partial charge in [-0.2, -0.15) is 0 Å². The predicted octanol–water partition coefficient (Wildman–Crippen LogP) is 4.29. The highest BCUT2D eigenvalue weighted by Gasteiger charge is 2.20. The molecule has 0 aliphatic carbocycles. The van der Waals surface area contributed by atoms with Gasteiger partial charge in [-0.1, -0.05) is 23.8 Å². The van der Waals surface area contributed by atoms with E-state index in [4.69, 9.17) is 10.5 Å². The van der Waals surface area contributed by atoms with E-state index in [1.54, 1.807) is 7.11 Å². The van der Waals surface area contributed by atoms with Crippen LogP contribution in [0, 0.1) is 34.6 Å². The summed E-state index contributed by atoms with van der Waals surface area (Å²) in [5, 5.41) is 0. The monoisotopic (exact) mass is 283 g/mol. The molecular weight excluding hydrogens is 258 g/mol. The van der Waals surface area contributed by atoms with Gasteiger partial charge in [-0.05, 0) is 68.5 Å². The summed E-state index contributed by atoms with van der Waals surface area (Å²) >= 11 is 0. The first kappa shape index (κ1) is 15.6. The highest BCUT2D eigenvalue weighted by atomic mass is 16.5. The molecule has 2 aromatic carbocycles. The molecule has 2 N–H and O–H groups in total. The zero-order valence-corrected chi connectivity index (χ0v) is 13.9. The van der Waals surface area contributed by atoms with Crippen LogP contribution in [0.15, 0.2) is 24.3 Å². The molecule has 0 heterocycles.